The smallest absolute Gasteiger partial charge is 0.166 e. The van der Waals surface area contributed by atoms with E-state index in [2.05, 4.69) is 59.3 Å². The third-order valence-electron chi connectivity index (χ3n) is 4.69. The van der Waals surface area contributed by atoms with Gasteiger partial charge in [-0.2, -0.15) is 4.57 Å². The molecule has 1 radical (unpaired) electrons. The zero-order valence-electron chi connectivity index (χ0n) is 16.9. The molecule has 5 rings (SSSR count). The first-order valence-electron chi connectivity index (χ1n) is 9.54. The van der Waals surface area contributed by atoms with Gasteiger partial charge in [0.1, 0.15) is 18.1 Å². The SMILES string of the molecule is Cc1ccc2ccc[c-]c2c1-n1ccn(C)[cH+]1.[Ir].[c-]1ccccc1-c1ccccn1. The molecule has 30 heavy (non-hydrogen) atoms. The Morgan fingerprint density at radius 1 is 0.867 bits per heavy atom. The van der Waals surface area contributed by atoms with Crippen molar-refractivity contribution in [2.45, 2.75) is 6.92 Å². The molecule has 3 nitrogen and oxygen atoms in total. The molecule has 151 valence electrons. The average molecular weight is 569 g/mol. The van der Waals surface area contributed by atoms with Gasteiger partial charge in [0.05, 0.1) is 0 Å². The maximum Gasteiger partial charge on any atom is 0.166 e. The number of benzene rings is 3. The summed E-state index contributed by atoms with van der Waals surface area (Å²) in [4.78, 5) is 4.22. The molecular weight excluding hydrogens is 547 g/mol. The molecule has 0 aliphatic heterocycles. The number of pyridine rings is 1. The molecule has 0 N–H and O–H groups in total. The number of rotatable bonds is 2. The van der Waals surface area contributed by atoms with Crippen LogP contribution in [0.15, 0.2) is 97.7 Å². The van der Waals surface area contributed by atoms with Crippen molar-refractivity contribution in [1.29, 1.82) is 0 Å². The number of fused-ring (bicyclic) bond motifs is 1. The topological polar surface area (TPSA) is 22.8 Å². The summed E-state index contributed by atoms with van der Waals surface area (Å²) in [7, 11) is 2.03. The normalized spacial score (nSPS) is 10.1. The summed E-state index contributed by atoms with van der Waals surface area (Å²) in [5.74, 6) is 0. The molecule has 4 heteroatoms. The molecule has 3 aromatic carbocycles. The first-order valence-corrected chi connectivity index (χ1v) is 9.54. The second-order valence-electron chi connectivity index (χ2n) is 6.84. The van der Waals surface area contributed by atoms with Crippen molar-refractivity contribution in [3.63, 3.8) is 0 Å². The van der Waals surface area contributed by atoms with Crippen molar-refractivity contribution >= 4 is 10.8 Å². The van der Waals surface area contributed by atoms with Gasteiger partial charge in [-0.25, -0.2) is 0 Å². The van der Waals surface area contributed by atoms with Gasteiger partial charge < -0.3 is 4.98 Å². The molecule has 0 aliphatic carbocycles. The summed E-state index contributed by atoms with van der Waals surface area (Å²) >= 11 is 0. The van der Waals surface area contributed by atoms with Gasteiger partial charge in [0.2, 0.25) is 0 Å². The number of hydrogen-bond donors (Lipinski definition) is 0. The molecule has 2 heterocycles. The molecule has 0 fully saturated rings. The molecule has 0 saturated carbocycles. The van der Waals surface area contributed by atoms with Crippen LogP contribution in [0.4, 0.5) is 0 Å². The molecule has 0 spiro atoms. The third-order valence-corrected chi connectivity index (χ3v) is 4.69. The second kappa shape index (κ2) is 10.1. The number of hydrogen-bond acceptors (Lipinski definition) is 1. The summed E-state index contributed by atoms with van der Waals surface area (Å²) < 4.78 is 4.19. The van der Waals surface area contributed by atoms with Gasteiger partial charge in [0, 0.05) is 38.9 Å². The summed E-state index contributed by atoms with van der Waals surface area (Å²) in [5, 5.41) is 2.40. The number of aromatic nitrogens is 3. The van der Waals surface area contributed by atoms with Crippen LogP contribution in [-0.4, -0.2) is 14.1 Å². The van der Waals surface area contributed by atoms with Crippen LogP contribution in [0.3, 0.4) is 0 Å². The summed E-state index contributed by atoms with van der Waals surface area (Å²) in [6.07, 6.45) is 7.97. The van der Waals surface area contributed by atoms with E-state index in [1.807, 2.05) is 72.4 Å². The quantitative estimate of drug-likeness (QED) is 0.243. The van der Waals surface area contributed by atoms with Crippen LogP contribution in [0.1, 0.15) is 5.56 Å². The predicted molar refractivity (Wildman–Crippen MR) is 119 cm³/mol. The van der Waals surface area contributed by atoms with Crippen molar-refractivity contribution in [1.82, 2.24) is 14.1 Å². The van der Waals surface area contributed by atoms with Gasteiger partial charge in [-0.05, 0) is 24.1 Å². The Hall–Kier alpha value is -3.07. The van der Waals surface area contributed by atoms with E-state index in [9.17, 15) is 0 Å². The Kier molecular flexibility index (Phi) is 7.29. The van der Waals surface area contributed by atoms with Gasteiger partial charge in [-0.15, -0.1) is 60.2 Å². The van der Waals surface area contributed by atoms with Crippen LogP contribution in [0.2, 0.25) is 0 Å². The Balaban J connectivity index is 0.000000175. The minimum Gasteiger partial charge on any atom is -0.305 e. The van der Waals surface area contributed by atoms with Crippen molar-refractivity contribution in [3.05, 3.63) is 115 Å². The van der Waals surface area contributed by atoms with Crippen molar-refractivity contribution in [3.8, 4) is 16.9 Å². The standard InChI is InChI=1S/C15H14N2.C11H8N.Ir/c1-12-7-8-13-5-3-4-6-14(13)15(12)17-10-9-16(2)11-17;1-2-6-10(7-3-1)11-8-4-5-9-12-11;/h3-5,7-11H,1-2H3;1-6,8-9H;/q;-1;. The molecule has 5 aromatic rings. The number of aryl methyl sites for hydroxylation is 2. The Morgan fingerprint density at radius 2 is 1.70 bits per heavy atom. The molecule has 0 atom stereocenters. The van der Waals surface area contributed by atoms with Gasteiger partial charge in [-0.3, -0.25) is 4.57 Å². The fourth-order valence-electron chi connectivity index (χ4n) is 3.27. The minimum atomic E-state index is 0. The Labute approximate surface area is 191 Å². The van der Waals surface area contributed by atoms with E-state index in [1.165, 1.54) is 22.0 Å². The van der Waals surface area contributed by atoms with Crippen LogP contribution in [-0.2, 0) is 27.2 Å². The Morgan fingerprint density at radius 3 is 2.40 bits per heavy atom. The predicted octanol–water partition coefficient (Wildman–Crippen LogP) is 5.91. The zero-order chi connectivity index (χ0) is 20.1. The molecule has 0 aliphatic rings. The fourth-order valence-corrected chi connectivity index (χ4v) is 3.27. The van der Waals surface area contributed by atoms with E-state index in [4.69, 9.17) is 0 Å². The van der Waals surface area contributed by atoms with Crippen molar-refractivity contribution < 1.29 is 20.1 Å². The molecule has 2 aromatic heterocycles. The molecule has 0 unspecified atom stereocenters. The van der Waals surface area contributed by atoms with Crippen LogP contribution >= 0.6 is 0 Å². The van der Waals surface area contributed by atoms with Crippen molar-refractivity contribution in [2.75, 3.05) is 0 Å². The summed E-state index contributed by atoms with van der Waals surface area (Å²) in [6.45, 7) is 2.13. The summed E-state index contributed by atoms with van der Waals surface area (Å²) in [5.41, 5.74) is 4.48. The molecular formula is C26H22IrN3-. The van der Waals surface area contributed by atoms with E-state index in [0.717, 1.165) is 11.3 Å². The van der Waals surface area contributed by atoms with E-state index < -0.39 is 0 Å². The Bertz CT molecular complexity index is 1180. The maximum atomic E-state index is 4.22. The van der Waals surface area contributed by atoms with Crippen LogP contribution in [0.25, 0.3) is 27.7 Å². The maximum absolute atomic E-state index is 4.22. The van der Waals surface area contributed by atoms with Gasteiger partial charge in [-0.1, -0.05) is 29.7 Å². The number of imidazole rings is 1. The van der Waals surface area contributed by atoms with Gasteiger partial charge in [0.25, 0.3) is 0 Å². The van der Waals surface area contributed by atoms with Crippen LogP contribution in [0, 0.1) is 19.1 Å². The van der Waals surface area contributed by atoms with E-state index in [1.54, 1.807) is 6.20 Å². The minimum absolute atomic E-state index is 0. The molecule has 0 bridgehead atoms. The second-order valence-corrected chi connectivity index (χ2v) is 6.84. The first kappa shape index (κ1) is 21.6. The molecule has 0 saturated heterocycles. The first-order chi connectivity index (χ1) is 14.2. The van der Waals surface area contributed by atoms with E-state index in [-0.39, 0.29) is 20.1 Å². The van der Waals surface area contributed by atoms with Crippen molar-refractivity contribution in [2.24, 2.45) is 7.05 Å². The largest absolute Gasteiger partial charge is 0.305 e. The number of nitrogens with zero attached hydrogens (tertiary/aromatic N) is 3. The monoisotopic (exact) mass is 569 g/mol. The van der Waals surface area contributed by atoms with Gasteiger partial charge in [0.15, 0.2) is 6.33 Å². The zero-order valence-corrected chi connectivity index (χ0v) is 19.3. The van der Waals surface area contributed by atoms with E-state index >= 15 is 0 Å². The van der Waals surface area contributed by atoms with E-state index in [0.29, 0.717) is 0 Å². The average Bonchev–Trinajstić information content (AvgIpc) is 3.21. The summed E-state index contributed by atoms with van der Waals surface area (Å²) in [6, 6.07) is 30.6. The third kappa shape index (κ3) is 4.91. The van der Waals surface area contributed by atoms with Crippen LogP contribution < -0.4 is 0 Å². The fraction of sp³-hybridized carbons (Fsp3) is 0.0769. The van der Waals surface area contributed by atoms with Gasteiger partial charge >= 0.3 is 0 Å². The van der Waals surface area contributed by atoms with Crippen LogP contribution in [0.5, 0.6) is 0 Å². The molecule has 0 amide bonds.